The Hall–Kier alpha value is -5.44. The Morgan fingerprint density at radius 1 is 1.06 bits per heavy atom. The minimum Gasteiger partial charge on any atom is -0.383 e. The van der Waals surface area contributed by atoms with Gasteiger partial charge in [0.25, 0.3) is 0 Å². The molecule has 0 aliphatic carbocycles. The molecule has 5 atom stereocenters. The van der Waals surface area contributed by atoms with Crippen LogP contribution in [-0.2, 0) is 0 Å². The number of amidine groups is 1. The number of amides is 2. The van der Waals surface area contributed by atoms with Crippen LogP contribution in [0.4, 0.5) is 31.9 Å². The van der Waals surface area contributed by atoms with E-state index in [9.17, 15) is 14.4 Å². The third kappa shape index (κ3) is 6.79. The van der Waals surface area contributed by atoms with Crippen molar-refractivity contribution in [1.82, 2.24) is 14.5 Å². The highest BCUT2D eigenvalue weighted by atomic mass is 35.5. The van der Waals surface area contributed by atoms with Gasteiger partial charge in [0.05, 0.1) is 46.2 Å². The molecular weight excluding hydrogens is 641 g/mol. The molecule has 2 fully saturated rings. The van der Waals surface area contributed by atoms with Crippen molar-refractivity contribution in [2.45, 2.75) is 56.8 Å². The van der Waals surface area contributed by atoms with E-state index < -0.39 is 5.82 Å². The van der Waals surface area contributed by atoms with Crippen LogP contribution >= 0.6 is 11.6 Å². The molecule has 7 rings (SSSR count). The summed E-state index contributed by atoms with van der Waals surface area (Å²) in [6, 6.07) is 26.0. The number of carbonyl (C=O) groups excluding carboxylic acids is 1. The molecule has 5 N–H and O–H groups in total. The van der Waals surface area contributed by atoms with E-state index in [0.717, 1.165) is 41.6 Å². The van der Waals surface area contributed by atoms with E-state index in [1.165, 1.54) is 18.2 Å². The summed E-state index contributed by atoms with van der Waals surface area (Å²) in [7, 11) is 0. The lowest BCUT2D eigenvalue weighted by Gasteiger charge is -2.31. The molecule has 2 saturated heterocycles. The minimum atomic E-state index is -0.467. The van der Waals surface area contributed by atoms with Gasteiger partial charge in [-0.15, -0.1) is 0 Å². The number of nitrogens with one attached hydrogen (secondary N) is 3. The number of carbonyl (C=O) groups is 1. The summed E-state index contributed by atoms with van der Waals surface area (Å²) in [6.07, 6.45) is 6.92. The molecule has 0 spiro atoms. The number of piperidine rings is 1. The average molecular weight is 676 g/mol. The molecule has 0 saturated carbocycles. The van der Waals surface area contributed by atoms with Crippen LogP contribution in [0.5, 0.6) is 0 Å². The standard InChI is InChI=1S/C37H35ClFN9O/c1-2-28-18-27(19-33-32(14-15-40)48(28)33)43-35-29(36(41)46-31-17-24(39)10-13-30(31)38)20-42-47-21-23(16-34(35)47)22-8-11-26(12-9-22)45-37(49)44-25-6-4-3-5-7-25/h3-13,16-17,20-21,27-28,32-33,43H,2,14,18-19H2,1H3,(H2,41,46)(H2,44,45,49). The first kappa shape index (κ1) is 32.1. The monoisotopic (exact) mass is 675 g/mol. The van der Waals surface area contributed by atoms with Crippen molar-refractivity contribution in [1.29, 1.82) is 5.26 Å². The molecule has 4 heterocycles. The number of anilines is 3. The molecule has 10 nitrogen and oxygen atoms in total. The van der Waals surface area contributed by atoms with Gasteiger partial charge >= 0.3 is 6.03 Å². The summed E-state index contributed by atoms with van der Waals surface area (Å²) < 4.78 is 15.9. The number of aromatic nitrogens is 2. The van der Waals surface area contributed by atoms with E-state index in [1.807, 2.05) is 66.9 Å². The third-order valence-corrected chi connectivity index (χ3v) is 9.63. The average Bonchev–Trinajstić information content (AvgIpc) is 3.60. The van der Waals surface area contributed by atoms with Gasteiger partial charge in [0, 0.05) is 53.4 Å². The van der Waals surface area contributed by atoms with Crippen molar-refractivity contribution in [3.05, 3.63) is 108 Å². The predicted molar refractivity (Wildman–Crippen MR) is 192 cm³/mol. The van der Waals surface area contributed by atoms with Crippen LogP contribution in [0, 0.1) is 17.1 Å². The number of hydrogen-bond donors (Lipinski definition) is 4. The first-order valence-electron chi connectivity index (χ1n) is 16.3. The summed E-state index contributed by atoms with van der Waals surface area (Å²) in [4.78, 5) is 19.5. The Morgan fingerprint density at radius 2 is 1.82 bits per heavy atom. The number of benzene rings is 3. The molecule has 0 bridgehead atoms. The quantitative estimate of drug-likeness (QED) is 0.0715. The molecule has 2 aliphatic heterocycles. The maximum absolute atomic E-state index is 14.1. The van der Waals surface area contributed by atoms with E-state index >= 15 is 0 Å². The van der Waals surface area contributed by atoms with Crippen molar-refractivity contribution in [3.8, 4) is 17.2 Å². The van der Waals surface area contributed by atoms with Crippen LogP contribution in [-0.4, -0.2) is 50.5 Å². The normalized spacial score (nSPS) is 21.4. The summed E-state index contributed by atoms with van der Waals surface area (Å²) in [6.45, 7) is 2.19. The van der Waals surface area contributed by atoms with E-state index in [1.54, 1.807) is 10.7 Å². The number of rotatable bonds is 9. The number of nitrogens with two attached hydrogens (primary N) is 1. The molecule has 2 aromatic heterocycles. The van der Waals surface area contributed by atoms with Crippen molar-refractivity contribution in [2.75, 3.05) is 16.0 Å². The summed E-state index contributed by atoms with van der Waals surface area (Å²) >= 11 is 6.34. The highest BCUT2D eigenvalue weighted by molar-refractivity contribution is 6.33. The third-order valence-electron chi connectivity index (χ3n) is 9.31. The summed E-state index contributed by atoms with van der Waals surface area (Å²) in [5.41, 5.74) is 12.2. The Balaban J connectivity index is 1.20. The first-order chi connectivity index (χ1) is 23.8. The van der Waals surface area contributed by atoms with Gasteiger partial charge < -0.3 is 21.7 Å². The zero-order chi connectivity index (χ0) is 34.1. The second kappa shape index (κ2) is 13.6. The van der Waals surface area contributed by atoms with Gasteiger partial charge in [-0.2, -0.15) is 10.4 Å². The van der Waals surface area contributed by atoms with Crippen molar-refractivity contribution < 1.29 is 9.18 Å². The highest BCUT2D eigenvalue weighted by Gasteiger charge is 2.54. The Labute approximate surface area is 288 Å². The number of para-hydroxylation sites is 1. The number of nitrogens with zero attached hydrogens (tertiary/aromatic N) is 5. The number of aliphatic imine (C=N–C) groups is 1. The lowest BCUT2D eigenvalue weighted by molar-refractivity contribution is 0.262. The van der Waals surface area contributed by atoms with Crippen LogP contribution in [0.15, 0.2) is 96.2 Å². The maximum atomic E-state index is 14.1. The largest absolute Gasteiger partial charge is 0.383 e. The van der Waals surface area contributed by atoms with E-state index in [-0.39, 0.29) is 28.6 Å². The zero-order valence-electron chi connectivity index (χ0n) is 26.8. The molecule has 0 radical (unpaired) electrons. The molecule has 12 heteroatoms. The van der Waals surface area contributed by atoms with E-state index in [4.69, 9.17) is 17.3 Å². The van der Waals surface area contributed by atoms with Crippen LogP contribution in [0.2, 0.25) is 5.02 Å². The molecule has 49 heavy (non-hydrogen) atoms. The van der Waals surface area contributed by atoms with E-state index in [0.29, 0.717) is 41.5 Å². The van der Waals surface area contributed by atoms with Gasteiger partial charge in [-0.05, 0) is 67.3 Å². The van der Waals surface area contributed by atoms with E-state index in [2.05, 4.69) is 43.9 Å². The second-order valence-electron chi connectivity index (χ2n) is 12.4. The fourth-order valence-corrected chi connectivity index (χ4v) is 7.09. The number of hydrogen-bond acceptors (Lipinski definition) is 6. The molecule has 5 aromatic rings. The molecule has 3 aromatic carbocycles. The van der Waals surface area contributed by atoms with Gasteiger partial charge in [-0.25, -0.2) is 18.7 Å². The highest BCUT2D eigenvalue weighted by Crippen LogP contribution is 2.44. The number of nitriles is 1. The van der Waals surface area contributed by atoms with Crippen molar-refractivity contribution in [3.63, 3.8) is 0 Å². The molecule has 248 valence electrons. The topological polar surface area (TPSA) is 136 Å². The predicted octanol–water partition coefficient (Wildman–Crippen LogP) is 7.79. The lowest BCUT2D eigenvalue weighted by atomic mass is 9.96. The van der Waals surface area contributed by atoms with Gasteiger partial charge in [-0.3, -0.25) is 4.90 Å². The molecular formula is C37H35ClFN9O. The van der Waals surface area contributed by atoms with Gasteiger partial charge in [0.1, 0.15) is 11.7 Å². The van der Waals surface area contributed by atoms with Crippen molar-refractivity contribution in [2.24, 2.45) is 10.7 Å². The van der Waals surface area contributed by atoms with Crippen molar-refractivity contribution >= 4 is 51.7 Å². The van der Waals surface area contributed by atoms with Crippen LogP contribution in [0.1, 0.15) is 38.2 Å². The van der Waals surface area contributed by atoms with Gasteiger partial charge in [-0.1, -0.05) is 48.9 Å². The smallest absolute Gasteiger partial charge is 0.323 e. The number of fused-ring (bicyclic) bond motifs is 2. The van der Waals surface area contributed by atoms with Crippen LogP contribution in [0.3, 0.4) is 0 Å². The fourth-order valence-electron chi connectivity index (χ4n) is 6.93. The fraction of sp³-hybridized carbons (Fsp3) is 0.243. The Bertz CT molecular complexity index is 2080. The number of halogens is 2. The van der Waals surface area contributed by atoms with Gasteiger partial charge in [0.2, 0.25) is 0 Å². The lowest BCUT2D eigenvalue weighted by Crippen LogP contribution is -2.37. The zero-order valence-corrected chi connectivity index (χ0v) is 27.5. The SMILES string of the molecule is CCC1CC(Nc2c(C(N)=Nc3cc(F)ccc3Cl)cnn3cc(-c4ccc(NC(=O)Nc5ccccc5)cc4)cc23)CC2C(CC#N)N12. The molecule has 2 amide bonds. The van der Waals surface area contributed by atoms with Crippen LogP contribution in [0.25, 0.3) is 16.6 Å². The van der Waals surface area contributed by atoms with Crippen LogP contribution < -0.4 is 21.7 Å². The van der Waals surface area contributed by atoms with Gasteiger partial charge in [0.15, 0.2) is 0 Å². The summed E-state index contributed by atoms with van der Waals surface area (Å²) in [5, 5.41) is 23.8. The summed E-state index contributed by atoms with van der Waals surface area (Å²) in [5.74, 6) is -0.318. The molecule has 5 unspecified atom stereocenters. The number of urea groups is 1. The Kier molecular flexibility index (Phi) is 8.91. The molecule has 2 aliphatic rings. The first-order valence-corrected chi connectivity index (χ1v) is 16.6. The Morgan fingerprint density at radius 3 is 2.55 bits per heavy atom. The maximum Gasteiger partial charge on any atom is 0.323 e. The second-order valence-corrected chi connectivity index (χ2v) is 12.8. The minimum absolute atomic E-state index is 0.121.